The molecule has 0 spiro atoms. The summed E-state index contributed by atoms with van der Waals surface area (Å²) < 4.78 is 23.8. The average Bonchev–Trinajstić information content (AvgIpc) is 2.48. The van der Waals surface area contributed by atoms with Gasteiger partial charge in [0.1, 0.15) is 23.4 Å². The number of hydrogen-bond donors (Lipinski definition) is 1. The molecule has 0 heterocycles. The van der Waals surface area contributed by atoms with Crippen molar-refractivity contribution in [2.45, 2.75) is 6.10 Å². The van der Waals surface area contributed by atoms with E-state index in [1.165, 1.54) is 26.4 Å². The Morgan fingerprint density at radius 3 is 2.50 bits per heavy atom. The second-order valence-electron chi connectivity index (χ2n) is 4.15. The molecule has 106 valence electrons. The number of rotatable bonds is 4. The summed E-state index contributed by atoms with van der Waals surface area (Å²) in [4.78, 5) is 0. The summed E-state index contributed by atoms with van der Waals surface area (Å²) >= 11 is 5.90. The van der Waals surface area contributed by atoms with Crippen LogP contribution >= 0.6 is 11.6 Å². The number of halogens is 2. The Labute approximate surface area is 121 Å². The van der Waals surface area contributed by atoms with E-state index in [9.17, 15) is 9.50 Å². The Morgan fingerprint density at radius 1 is 1.10 bits per heavy atom. The number of ether oxygens (including phenoxy) is 2. The zero-order valence-corrected chi connectivity index (χ0v) is 11.8. The Bertz CT molecular complexity index is 616. The van der Waals surface area contributed by atoms with E-state index in [0.29, 0.717) is 17.1 Å². The van der Waals surface area contributed by atoms with Crippen molar-refractivity contribution in [3.63, 3.8) is 0 Å². The second-order valence-corrected chi connectivity index (χ2v) is 4.53. The third kappa shape index (κ3) is 2.71. The summed E-state index contributed by atoms with van der Waals surface area (Å²) in [5.74, 6) is 0.455. The van der Waals surface area contributed by atoms with Gasteiger partial charge >= 0.3 is 0 Å². The van der Waals surface area contributed by atoms with Crippen molar-refractivity contribution < 1.29 is 19.0 Å². The summed E-state index contributed by atoms with van der Waals surface area (Å²) in [6.45, 7) is 0. The number of benzene rings is 2. The van der Waals surface area contributed by atoms with Crippen LogP contribution in [0, 0.1) is 5.82 Å². The molecule has 2 aromatic rings. The van der Waals surface area contributed by atoms with E-state index in [-0.39, 0.29) is 10.6 Å². The number of methoxy groups -OCH3 is 2. The SMILES string of the molecule is COc1ccc(OC)c(C(O)c2cccc(F)c2Cl)c1. The van der Waals surface area contributed by atoms with Crippen molar-refractivity contribution in [1.29, 1.82) is 0 Å². The van der Waals surface area contributed by atoms with Gasteiger partial charge in [-0.25, -0.2) is 4.39 Å². The molecule has 0 aromatic heterocycles. The molecule has 5 heteroatoms. The summed E-state index contributed by atoms with van der Waals surface area (Å²) in [5.41, 5.74) is 0.734. The summed E-state index contributed by atoms with van der Waals surface area (Å²) in [5, 5.41) is 10.3. The standard InChI is InChI=1S/C15H14ClFO3/c1-19-9-6-7-13(20-2)11(8-9)15(18)10-4-3-5-12(17)14(10)16/h3-8,15,18H,1-2H3. The van der Waals surface area contributed by atoms with E-state index in [1.807, 2.05) is 0 Å². The van der Waals surface area contributed by atoms with E-state index < -0.39 is 11.9 Å². The number of hydrogen-bond acceptors (Lipinski definition) is 3. The molecule has 2 rings (SSSR count). The zero-order chi connectivity index (χ0) is 14.7. The summed E-state index contributed by atoms with van der Waals surface area (Å²) in [6.07, 6.45) is -1.11. The monoisotopic (exact) mass is 296 g/mol. The molecule has 0 amide bonds. The molecule has 0 radical (unpaired) electrons. The first kappa shape index (κ1) is 14.6. The highest BCUT2D eigenvalue weighted by Crippen LogP contribution is 2.36. The van der Waals surface area contributed by atoms with Crippen molar-refractivity contribution in [3.8, 4) is 11.5 Å². The third-order valence-electron chi connectivity index (χ3n) is 3.01. The average molecular weight is 297 g/mol. The van der Waals surface area contributed by atoms with Crippen LogP contribution in [0.3, 0.4) is 0 Å². The van der Waals surface area contributed by atoms with E-state index in [2.05, 4.69) is 0 Å². The molecular formula is C15H14ClFO3. The van der Waals surface area contributed by atoms with Crippen LogP contribution in [0.15, 0.2) is 36.4 Å². The molecule has 1 atom stereocenters. The first-order valence-corrected chi connectivity index (χ1v) is 6.30. The van der Waals surface area contributed by atoms with Gasteiger partial charge in [-0.1, -0.05) is 23.7 Å². The lowest BCUT2D eigenvalue weighted by Crippen LogP contribution is -2.04. The van der Waals surface area contributed by atoms with Crippen LogP contribution in [0.2, 0.25) is 5.02 Å². The van der Waals surface area contributed by atoms with Gasteiger partial charge in [-0.15, -0.1) is 0 Å². The van der Waals surface area contributed by atoms with Gasteiger partial charge in [0.25, 0.3) is 0 Å². The van der Waals surface area contributed by atoms with Crippen LogP contribution in [0.1, 0.15) is 17.2 Å². The van der Waals surface area contributed by atoms with Crippen LogP contribution in [0.4, 0.5) is 4.39 Å². The first-order valence-electron chi connectivity index (χ1n) is 5.92. The van der Waals surface area contributed by atoms with Crippen molar-refractivity contribution in [1.82, 2.24) is 0 Å². The molecule has 0 aliphatic heterocycles. The summed E-state index contributed by atoms with van der Waals surface area (Å²) in [6, 6.07) is 9.31. The second kappa shape index (κ2) is 6.11. The van der Waals surface area contributed by atoms with Crippen LogP contribution in [-0.2, 0) is 0 Å². The highest BCUT2D eigenvalue weighted by molar-refractivity contribution is 6.31. The van der Waals surface area contributed by atoms with E-state index in [1.54, 1.807) is 24.3 Å². The largest absolute Gasteiger partial charge is 0.497 e. The third-order valence-corrected chi connectivity index (χ3v) is 3.41. The fourth-order valence-corrected chi connectivity index (χ4v) is 2.18. The molecule has 0 saturated heterocycles. The van der Waals surface area contributed by atoms with Crippen LogP contribution in [0.5, 0.6) is 11.5 Å². The lowest BCUT2D eigenvalue weighted by Gasteiger charge is -2.17. The lowest BCUT2D eigenvalue weighted by atomic mass is 10.00. The first-order chi connectivity index (χ1) is 9.58. The predicted octanol–water partition coefficient (Wildman–Crippen LogP) is 3.58. The number of aliphatic hydroxyl groups is 1. The Morgan fingerprint density at radius 2 is 1.85 bits per heavy atom. The van der Waals surface area contributed by atoms with Crippen molar-refractivity contribution in [2.75, 3.05) is 14.2 Å². The van der Waals surface area contributed by atoms with Crippen LogP contribution < -0.4 is 9.47 Å². The maximum Gasteiger partial charge on any atom is 0.142 e. The minimum absolute atomic E-state index is 0.107. The van der Waals surface area contributed by atoms with Gasteiger partial charge in [0.05, 0.1) is 19.2 Å². The van der Waals surface area contributed by atoms with Gasteiger partial charge in [-0.05, 0) is 24.3 Å². The smallest absolute Gasteiger partial charge is 0.142 e. The molecule has 3 nitrogen and oxygen atoms in total. The Balaban J connectivity index is 2.51. The fourth-order valence-electron chi connectivity index (χ4n) is 1.95. The van der Waals surface area contributed by atoms with E-state index >= 15 is 0 Å². The summed E-state index contributed by atoms with van der Waals surface area (Å²) in [7, 11) is 3.01. The molecule has 0 bridgehead atoms. The fraction of sp³-hybridized carbons (Fsp3) is 0.200. The maximum absolute atomic E-state index is 13.5. The molecule has 0 saturated carbocycles. The van der Waals surface area contributed by atoms with E-state index in [4.69, 9.17) is 21.1 Å². The van der Waals surface area contributed by atoms with E-state index in [0.717, 1.165) is 0 Å². The Hall–Kier alpha value is -1.78. The molecule has 0 fully saturated rings. The van der Waals surface area contributed by atoms with Gasteiger partial charge in [-0.3, -0.25) is 0 Å². The maximum atomic E-state index is 13.5. The van der Waals surface area contributed by atoms with Gasteiger partial charge in [0, 0.05) is 11.1 Å². The molecule has 0 aliphatic rings. The lowest BCUT2D eigenvalue weighted by molar-refractivity contribution is 0.213. The quantitative estimate of drug-likeness (QED) is 0.937. The molecular weight excluding hydrogens is 283 g/mol. The zero-order valence-electron chi connectivity index (χ0n) is 11.1. The van der Waals surface area contributed by atoms with Gasteiger partial charge in [-0.2, -0.15) is 0 Å². The minimum Gasteiger partial charge on any atom is -0.497 e. The van der Waals surface area contributed by atoms with Crippen molar-refractivity contribution in [3.05, 3.63) is 58.4 Å². The normalized spacial score (nSPS) is 12.1. The predicted molar refractivity (Wildman–Crippen MR) is 75.0 cm³/mol. The van der Waals surface area contributed by atoms with Gasteiger partial charge in [0.2, 0.25) is 0 Å². The molecule has 1 unspecified atom stereocenters. The van der Waals surface area contributed by atoms with Crippen LogP contribution in [-0.4, -0.2) is 19.3 Å². The topological polar surface area (TPSA) is 38.7 Å². The highest BCUT2D eigenvalue weighted by Gasteiger charge is 2.20. The molecule has 1 N–H and O–H groups in total. The van der Waals surface area contributed by atoms with Crippen molar-refractivity contribution in [2.24, 2.45) is 0 Å². The van der Waals surface area contributed by atoms with Crippen LogP contribution in [0.25, 0.3) is 0 Å². The minimum atomic E-state index is -1.11. The highest BCUT2D eigenvalue weighted by atomic mass is 35.5. The molecule has 20 heavy (non-hydrogen) atoms. The van der Waals surface area contributed by atoms with Crippen molar-refractivity contribution >= 4 is 11.6 Å². The Kier molecular flexibility index (Phi) is 4.47. The molecule has 0 aliphatic carbocycles. The molecule has 2 aromatic carbocycles. The van der Waals surface area contributed by atoms with Gasteiger partial charge in [0.15, 0.2) is 0 Å². The number of aliphatic hydroxyl groups excluding tert-OH is 1. The van der Waals surface area contributed by atoms with Gasteiger partial charge < -0.3 is 14.6 Å².